The lowest BCUT2D eigenvalue weighted by Crippen LogP contribution is -2.48. The number of hydrogen-bond donors (Lipinski definition) is 2. The maximum Gasteiger partial charge on any atom is 0.266 e. The monoisotopic (exact) mass is 360 g/mol. The van der Waals surface area contributed by atoms with Crippen molar-refractivity contribution in [3.8, 4) is 16.2 Å². The summed E-state index contributed by atoms with van der Waals surface area (Å²) >= 11 is 1.43. The van der Waals surface area contributed by atoms with Gasteiger partial charge in [0.1, 0.15) is 22.7 Å². The Morgan fingerprint density at radius 1 is 1.48 bits per heavy atom. The molecule has 0 spiro atoms. The summed E-state index contributed by atoms with van der Waals surface area (Å²) < 4.78 is 19.9. The molecule has 2 N–H and O–H groups in total. The lowest BCUT2D eigenvalue weighted by molar-refractivity contribution is 0.0576. The second-order valence-corrected chi connectivity index (χ2v) is 7.81. The molecule has 5 heterocycles. The number of ether oxygens (including phenoxy) is 1. The maximum absolute atomic E-state index is 13.1. The highest BCUT2D eigenvalue weighted by Gasteiger charge is 2.32. The van der Waals surface area contributed by atoms with E-state index in [1.165, 1.54) is 11.3 Å². The lowest BCUT2D eigenvalue weighted by atomic mass is 9.98. The van der Waals surface area contributed by atoms with Gasteiger partial charge in [-0.25, -0.2) is 4.39 Å². The summed E-state index contributed by atoms with van der Waals surface area (Å²) in [5.41, 5.74) is 2.82. The van der Waals surface area contributed by atoms with E-state index in [9.17, 15) is 9.18 Å². The van der Waals surface area contributed by atoms with Crippen LogP contribution in [-0.2, 0) is 13.0 Å². The quantitative estimate of drug-likeness (QED) is 0.752. The van der Waals surface area contributed by atoms with Crippen LogP contribution in [0.5, 0.6) is 5.75 Å². The molecule has 0 unspecified atom stereocenters. The minimum Gasteiger partial charge on any atom is -0.488 e. The average Bonchev–Trinajstić information content (AvgIpc) is 3.18. The summed E-state index contributed by atoms with van der Waals surface area (Å²) in [5, 5.41) is 7.73. The maximum atomic E-state index is 13.1. The third-order valence-electron chi connectivity index (χ3n) is 4.87. The molecular formula is C17H17FN4O2S. The Labute approximate surface area is 146 Å². The van der Waals surface area contributed by atoms with Gasteiger partial charge in [0.25, 0.3) is 5.56 Å². The number of aromatic nitrogens is 3. The van der Waals surface area contributed by atoms with Crippen LogP contribution < -0.4 is 10.3 Å². The first-order valence-electron chi connectivity index (χ1n) is 8.33. The highest BCUT2D eigenvalue weighted by atomic mass is 32.1. The number of nitrogens with zero attached hydrogens (tertiary/aromatic N) is 2. The minimum absolute atomic E-state index is 0.0194. The molecule has 5 rings (SSSR count). The highest BCUT2D eigenvalue weighted by molar-refractivity contribution is 7.22. The molecule has 0 amide bonds. The zero-order chi connectivity index (χ0) is 17.1. The van der Waals surface area contributed by atoms with Gasteiger partial charge in [-0.1, -0.05) is 0 Å². The second-order valence-electron chi connectivity index (χ2n) is 6.79. The predicted molar refractivity (Wildman–Crippen MR) is 94.0 cm³/mol. The Balaban J connectivity index is 1.70. The van der Waals surface area contributed by atoms with Crippen LogP contribution in [0.2, 0.25) is 0 Å². The van der Waals surface area contributed by atoms with E-state index in [-0.39, 0.29) is 11.7 Å². The van der Waals surface area contributed by atoms with Gasteiger partial charge in [-0.2, -0.15) is 5.10 Å². The van der Waals surface area contributed by atoms with Gasteiger partial charge in [-0.05, 0) is 12.5 Å². The molecule has 8 heteroatoms. The molecule has 0 bridgehead atoms. The van der Waals surface area contributed by atoms with Crippen LogP contribution in [0.3, 0.4) is 0 Å². The van der Waals surface area contributed by atoms with Gasteiger partial charge in [0.2, 0.25) is 0 Å². The molecule has 0 aromatic carbocycles. The van der Waals surface area contributed by atoms with Crippen molar-refractivity contribution in [3.05, 3.63) is 34.0 Å². The number of halogens is 1. The third kappa shape index (κ3) is 2.31. The number of pyridine rings is 1. The van der Waals surface area contributed by atoms with E-state index >= 15 is 0 Å². The van der Waals surface area contributed by atoms with Gasteiger partial charge in [-0.3, -0.25) is 14.8 Å². The lowest BCUT2D eigenvalue weighted by Gasteiger charge is -2.35. The van der Waals surface area contributed by atoms with E-state index in [2.05, 4.69) is 15.2 Å². The molecule has 3 aromatic rings. The first-order chi connectivity index (χ1) is 12.1. The fraction of sp³-hybridized carbons (Fsp3) is 0.412. The van der Waals surface area contributed by atoms with Crippen LogP contribution in [0.15, 0.2) is 17.2 Å². The summed E-state index contributed by atoms with van der Waals surface area (Å²) in [6.07, 6.45) is 3.55. The van der Waals surface area contributed by atoms with E-state index in [1.54, 1.807) is 12.4 Å². The van der Waals surface area contributed by atoms with E-state index in [4.69, 9.17) is 4.74 Å². The van der Waals surface area contributed by atoms with E-state index in [0.717, 1.165) is 39.3 Å². The standard InChI is InChI=1S/C17H17FN4O2S/c1-8-2-11-12(7-22-5-10(18)6-22)21-17(23)16-13(11)14(24-8)15(25-16)9-3-19-20-4-9/h3-4,8,10H,2,5-7H2,1H3,(H,19,20)(H,21,23)/t8-/m1/s1. The van der Waals surface area contributed by atoms with Crippen molar-refractivity contribution in [2.75, 3.05) is 13.1 Å². The van der Waals surface area contributed by atoms with Gasteiger partial charge in [0.05, 0.1) is 11.1 Å². The fourth-order valence-electron chi connectivity index (χ4n) is 3.70. The first kappa shape index (κ1) is 15.1. The SMILES string of the molecule is C[C@@H]1Cc2c(CN3CC(F)C3)[nH]c(=O)c3sc(-c4cn[nH]c4)c(c23)O1. The van der Waals surface area contributed by atoms with Crippen LogP contribution >= 0.6 is 11.3 Å². The molecule has 130 valence electrons. The van der Waals surface area contributed by atoms with Crippen molar-refractivity contribution in [2.45, 2.75) is 32.2 Å². The van der Waals surface area contributed by atoms with Crippen LogP contribution in [0.25, 0.3) is 20.5 Å². The molecule has 0 radical (unpaired) electrons. The van der Waals surface area contributed by atoms with E-state index < -0.39 is 6.17 Å². The third-order valence-corrected chi connectivity index (χ3v) is 6.09. The number of alkyl halides is 1. The zero-order valence-corrected chi connectivity index (χ0v) is 14.5. The highest BCUT2D eigenvalue weighted by Crippen LogP contribution is 2.47. The van der Waals surface area contributed by atoms with E-state index in [0.29, 0.717) is 24.3 Å². The Morgan fingerprint density at radius 3 is 3.04 bits per heavy atom. The van der Waals surface area contributed by atoms with Crippen LogP contribution in [0, 0.1) is 0 Å². The van der Waals surface area contributed by atoms with Crippen LogP contribution in [-0.4, -0.2) is 45.4 Å². The van der Waals surface area contributed by atoms with Crippen molar-refractivity contribution < 1.29 is 9.13 Å². The van der Waals surface area contributed by atoms with Crippen molar-refractivity contribution >= 4 is 21.4 Å². The smallest absolute Gasteiger partial charge is 0.266 e. The largest absolute Gasteiger partial charge is 0.488 e. The molecule has 0 aliphatic carbocycles. The number of H-pyrrole nitrogens is 2. The van der Waals surface area contributed by atoms with Crippen molar-refractivity contribution in [1.29, 1.82) is 0 Å². The molecule has 1 atom stereocenters. The number of likely N-dealkylation sites (tertiary alicyclic amines) is 1. The zero-order valence-electron chi connectivity index (χ0n) is 13.6. The number of hydrogen-bond acceptors (Lipinski definition) is 5. The van der Waals surface area contributed by atoms with Gasteiger partial charge in [-0.15, -0.1) is 11.3 Å². The Kier molecular flexibility index (Phi) is 3.26. The number of rotatable bonds is 3. The molecule has 2 aliphatic rings. The molecule has 1 saturated heterocycles. The fourth-order valence-corrected chi connectivity index (χ4v) is 4.84. The molecule has 1 fully saturated rings. The normalized spacial score (nSPS) is 20.6. The molecule has 6 nitrogen and oxygen atoms in total. The van der Waals surface area contributed by atoms with Gasteiger partial charge in [0.15, 0.2) is 0 Å². The predicted octanol–water partition coefficient (Wildman–Crippen LogP) is 2.46. The minimum atomic E-state index is -0.751. The molecule has 25 heavy (non-hydrogen) atoms. The Morgan fingerprint density at radius 2 is 2.32 bits per heavy atom. The van der Waals surface area contributed by atoms with Gasteiger partial charge in [0, 0.05) is 48.9 Å². The van der Waals surface area contributed by atoms with Gasteiger partial charge >= 0.3 is 0 Å². The summed E-state index contributed by atoms with van der Waals surface area (Å²) in [6, 6.07) is 0. The molecule has 0 saturated carbocycles. The van der Waals surface area contributed by atoms with Crippen LogP contribution in [0.4, 0.5) is 4.39 Å². The summed E-state index contributed by atoms with van der Waals surface area (Å²) in [5.74, 6) is 0.773. The summed E-state index contributed by atoms with van der Waals surface area (Å²) in [7, 11) is 0. The van der Waals surface area contributed by atoms with Gasteiger partial charge < -0.3 is 9.72 Å². The molecule has 2 aliphatic heterocycles. The summed E-state index contributed by atoms with van der Waals surface area (Å²) in [6.45, 7) is 3.47. The number of nitrogens with one attached hydrogen (secondary N) is 2. The first-order valence-corrected chi connectivity index (χ1v) is 9.14. The topological polar surface area (TPSA) is 74.0 Å². The number of thiophene rings is 1. The van der Waals surface area contributed by atoms with Crippen LogP contribution in [0.1, 0.15) is 18.2 Å². The Hall–Kier alpha value is -2.19. The Bertz CT molecular complexity index is 1000. The van der Waals surface area contributed by atoms with Crippen molar-refractivity contribution in [1.82, 2.24) is 20.1 Å². The molecular weight excluding hydrogens is 343 g/mol. The molecule has 3 aromatic heterocycles. The van der Waals surface area contributed by atoms with Crippen molar-refractivity contribution in [2.24, 2.45) is 0 Å². The average molecular weight is 360 g/mol. The number of aromatic amines is 2. The second kappa shape index (κ2) is 5.40. The van der Waals surface area contributed by atoms with Crippen molar-refractivity contribution in [3.63, 3.8) is 0 Å². The summed E-state index contributed by atoms with van der Waals surface area (Å²) in [4.78, 5) is 18.6. The van der Waals surface area contributed by atoms with E-state index in [1.807, 2.05) is 11.8 Å².